The molecule has 0 aromatic carbocycles. The molecule has 1 atom stereocenters. The first-order chi connectivity index (χ1) is 4.66. The lowest BCUT2D eigenvalue weighted by Crippen LogP contribution is -2.24. The van der Waals surface area contributed by atoms with Gasteiger partial charge in [-0.1, -0.05) is 6.92 Å². The molecular formula is C6H11N2O2. The van der Waals surface area contributed by atoms with Crippen LogP contribution in [0.25, 0.3) is 0 Å². The van der Waals surface area contributed by atoms with Crippen molar-refractivity contribution in [2.24, 2.45) is 11.7 Å². The number of carbonyl (C=O) groups is 2. The van der Waals surface area contributed by atoms with Crippen LogP contribution in [0, 0.1) is 12.3 Å². The largest absolute Gasteiger partial charge is 0.369 e. The summed E-state index contributed by atoms with van der Waals surface area (Å²) in [6, 6.07) is 0. The molecule has 4 nitrogen and oxygen atoms in total. The van der Waals surface area contributed by atoms with E-state index in [-0.39, 0.29) is 5.92 Å². The van der Waals surface area contributed by atoms with Gasteiger partial charge in [-0.05, 0) is 5.92 Å². The van der Waals surface area contributed by atoms with E-state index in [0.717, 1.165) is 0 Å². The summed E-state index contributed by atoms with van der Waals surface area (Å²) in [4.78, 5) is 20.0. The van der Waals surface area contributed by atoms with Gasteiger partial charge in [0.05, 0.1) is 6.42 Å². The molecule has 0 aromatic heterocycles. The molecule has 0 bridgehead atoms. The predicted octanol–water partition coefficient (Wildman–Crippen LogP) is -0.942. The van der Waals surface area contributed by atoms with Crippen molar-refractivity contribution < 1.29 is 9.59 Å². The number of nitrogens with two attached hydrogens (primary N) is 1. The molecule has 0 heterocycles. The summed E-state index contributed by atoms with van der Waals surface area (Å²) in [6.45, 7) is 2.24. The van der Waals surface area contributed by atoms with Gasteiger partial charge in [0.25, 0.3) is 0 Å². The van der Waals surface area contributed by atoms with E-state index in [0.29, 0.717) is 13.0 Å². The minimum absolute atomic E-state index is 0.00250. The first kappa shape index (κ1) is 8.94. The van der Waals surface area contributed by atoms with Crippen LogP contribution >= 0.6 is 0 Å². The van der Waals surface area contributed by atoms with E-state index in [1.807, 2.05) is 0 Å². The Kier molecular flexibility index (Phi) is 4.28. The molecule has 0 aliphatic carbocycles. The number of carbonyl (C=O) groups excluding carboxylic acids is 2. The first-order valence-electron chi connectivity index (χ1n) is 2.98. The van der Waals surface area contributed by atoms with Gasteiger partial charge in [-0.15, -0.1) is 0 Å². The van der Waals surface area contributed by atoms with Crippen LogP contribution in [0.4, 0.5) is 0 Å². The van der Waals surface area contributed by atoms with Crippen LogP contribution in [-0.2, 0) is 9.59 Å². The molecule has 0 saturated heterocycles. The summed E-state index contributed by atoms with van der Waals surface area (Å²) in [7, 11) is 0. The monoisotopic (exact) mass is 143 g/mol. The zero-order valence-corrected chi connectivity index (χ0v) is 5.83. The third-order valence-corrected chi connectivity index (χ3v) is 0.972. The fourth-order valence-corrected chi connectivity index (χ4v) is 0.573. The summed E-state index contributed by atoms with van der Waals surface area (Å²) in [5.74, 6) is -0.456. The minimum atomic E-state index is -0.458. The van der Waals surface area contributed by atoms with Gasteiger partial charge in [0.15, 0.2) is 0 Å². The van der Waals surface area contributed by atoms with Gasteiger partial charge in [-0.3, -0.25) is 9.59 Å². The van der Waals surface area contributed by atoms with E-state index >= 15 is 0 Å². The molecule has 4 heteroatoms. The molecule has 57 valence electrons. The van der Waals surface area contributed by atoms with E-state index < -0.39 is 5.91 Å². The van der Waals surface area contributed by atoms with Crippen molar-refractivity contribution in [3.63, 3.8) is 0 Å². The number of rotatable bonds is 5. The van der Waals surface area contributed by atoms with Gasteiger partial charge >= 0.3 is 0 Å². The number of hydrogen-bond acceptors (Lipinski definition) is 2. The molecule has 0 unspecified atom stereocenters. The number of primary amides is 1. The molecule has 3 N–H and O–H groups in total. The summed E-state index contributed by atoms with van der Waals surface area (Å²) >= 11 is 0. The summed E-state index contributed by atoms with van der Waals surface area (Å²) < 4.78 is 0. The van der Waals surface area contributed by atoms with Crippen molar-refractivity contribution in [3.8, 4) is 0 Å². The number of amides is 2. The first-order valence-corrected chi connectivity index (χ1v) is 2.98. The second kappa shape index (κ2) is 4.78. The molecule has 2 amide bonds. The van der Waals surface area contributed by atoms with Crippen molar-refractivity contribution in [2.45, 2.75) is 6.92 Å². The Morgan fingerprint density at radius 1 is 1.80 bits per heavy atom. The zero-order valence-electron chi connectivity index (χ0n) is 5.83. The maximum atomic E-state index is 10.2. The maximum absolute atomic E-state index is 10.2. The molecule has 0 saturated carbocycles. The van der Waals surface area contributed by atoms with E-state index in [1.165, 1.54) is 6.42 Å². The van der Waals surface area contributed by atoms with Crippen molar-refractivity contribution in [2.75, 3.05) is 6.54 Å². The average molecular weight is 143 g/mol. The minimum Gasteiger partial charge on any atom is -0.369 e. The fourth-order valence-electron chi connectivity index (χ4n) is 0.573. The SMILES string of the molecule is C[C@@H]([CH]C(N)=O)CNC=O. The van der Waals surface area contributed by atoms with Crippen LogP contribution in [0.3, 0.4) is 0 Å². The summed E-state index contributed by atoms with van der Waals surface area (Å²) in [5.41, 5.74) is 4.85. The normalized spacial score (nSPS) is 12.1. The van der Waals surface area contributed by atoms with Gasteiger partial charge < -0.3 is 11.1 Å². The quantitative estimate of drug-likeness (QED) is 0.487. The highest BCUT2D eigenvalue weighted by Crippen LogP contribution is 1.95. The maximum Gasteiger partial charge on any atom is 0.221 e. The predicted molar refractivity (Wildman–Crippen MR) is 36.7 cm³/mol. The topological polar surface area (TPSA) is 72.2 Å². The zero-order chi connectivity index (χ0) is 7.98. The van der Waals surface area contributed by atoms with Crippen LogP contribution in [0.1, 0.15) is 6.92 Å². The smallest absolute Gasteiger partial charge is 0.221 e. The summed E-state index contributed by atoms with van der Waals surface area (Å²) in [5, 5.41) is 2.43. The summed E-state index contributed by atoms with van der Waals surface area (Å²) in [6.07, 6.45) is 1.95. The second-order valence-electron chi connectivity index (χ2n) is 2.07. The third kappa shape index (κ3) is 5.08. The number of hydrogen-bond donors (Lipinski definition) is 2. The Labute approximate surface area is 59.8 Å². The number of nitrogens with one attached hydrogen (secondary N) is 1. The highest BCUT2D eigenvalue weighted by Gasteiger charge is 2.04. The lowest BCUT2D eigenvalue weighted by atomic mass is 10.1. The highest BCUT2D eigenvalue weighted by atomic mass is 16.1. The van der Waals surface area contributed by atoms with Gasteiger partial charge in [-0.2, -0.15) is 0 Å². The van der Waals surface area contributed by atoms with Crippen molar-refractivity contribution in [1.29, 1.82) is 0 Å². The van der Waals surface area contributed by atoms with Gasteiger partial charge in [0.1, 0.15) is 0 Å². The highest BCUT2D eigenvalue weighted by molar-refractivity contribution is 5.83. The molecule has 0 spiro atoms. The third-order valence-electron chi connectivity index (χ3n) is 0.972. The fraction of sp³-hybridized carbons (Fsp3) is 0.500. The van der Waals surface area contributed by atoms with E-state index in [4.69, 9.17) is 5.73 Å². The van der Waals surface area contributed by atoms with Crippen LogP contribution in [-0.4, -0.2) is 18.9 Å². The Bertz CT molecular complexity index is 125. The standard InChI is InChI=1S/C6H11N2O2/c1-5(2-6(7)10)3-8-4-9/h2,4-5H,3H2,1H3,(H2,7,10)(H,8,9)/t5-/m0/s1. The Hall–Kier alpha value is -1.06. The van der Waals surface area contributed by atoms with Gasteiger partial charge in [0.2, 0.25) is 12.3 Å². The van der Waals surface area contributed by atoms with E-state index in [2.05, 4.69) is 5.32 Å². The lowest BCUT2D eigenvalue weighted by molar-refractivity contribution is -0.115. The molecule has 0 fully saturated rings. The van der Waals surface area contributed by atoms with Crippen molar-refractivity contribution >= 4 is 12.3 Å². The molecular weight excluding hydrogens is 132 g/mol. The Morgan fingerprint density at radius 3 is 2.80 bits per heavy atom. The molecule has 0 rings (SSSR count). The van der Waals surface area contributed by atoms with E-state index in [1.54, 1.807) is 6.92 Å². The van der Waals surface area contributed by atoms with Gasteiger partial charge in [0, 0.05) is 6.54 Å². The van der Waals surface area contributed by atoms with Crippen molar-refractivity contribution in [3.05, 3.63) is 6.42 Å². The average Bonchev–Trinajstić information content (AvgIpc) is 1.82. The van der Waals surface area contributed by atoms with E-state index in [9.17, 15) is 9.59 Å². The molecule has 0 aliphatic heterocycles. The molecule has 0 aromatic rings. The Morgan fingerprint density at radius 2 is 2.40 bits per heavy atom. The molecule has 10 heavy (non-hydrogen) atoms. The van der Waals surface area contributed by atoms with Crippen LogP contribution in [0.2, 0.25) is 0 Å². The van der Waals surface area contributed by atoms with Gasteiger partial charge in [-0.25, -0.2) is 0 Å². The Balaban J connectivity index is 3.33. The van der Waals surface area contributed by atoms with Crippen LogP contribution in [0.5, 0.6) is 0 Å². The van der Waals surface area contributed by atoms with Crippen LogP contribution in [0.15, 0.2) is 0 Å². The van der Waals surface area contributed by atoms with Crippen LogP contribution < -0.4 is 11.1 Å². The second-order valence-corrected chi connectivity index (χ2v) is 2.07. The van der Waals surface area contributed by atoms with Crippen molar-refractivity contribution in [1.82, 2.24) is 5.32 Å². The molecule has 0 aliphatic rings. The molecule has 1 radical (unpaired) electrons. The lowest BCUT2D eigenvalue weighted by Gasteiger charge is -2.05.